The highest BCUT2D eigenvalue weighted by Crippen LogP contribution is 2.46. The fourth-order valence-electron chi connectivity index (χ4n) is 5.85. The number of nitriles is 1. The van der Waals surface area contributed by atoms with Crippen LogP contribution in [0, 0.1) is 11.3 Å². The van der Waals surface area contributed by atoms with Crippen molar-refractivity contribution in [1.29, 1.82) is 5.26 Å². The van der Waals surface area contributed by atoms with Crippen molar-refractivity contribution in [3.8, 4) is 6.07 Å². The van der Waals surface area contributed by atoms with E-state index in [1.54, 1.807) is 68.6 Å². The minimum Gasteiger partial charge on any atom is -0.463 e. The predicted molar refractivity (Wildman–Crippen MR) is 171 cm³/mol. The number of benzene rings is 3. The number of ether oxygens (including phenoxy) is 1. The van der Waals surface area contributed by atoms with Gasteiger partial charge in [0.15, 0.2) is 0 Å². The molecular formula is C33H29Cl2N5O5. The summed E-state index contributed by atoms with van der Waals surface area (Å²) < 4.78 is 4.88. The van der Waals surface area contributed by atoms with Gasteiger partial charge in [0.05, 0.1) is 30.5 Å². The monoisotopic (exact) mass is 645 g/mol. The first-order valence-corrected chi connectivity index (χ1v) is 14.9. The Bertz CT molecular complexity index is 1700. The van der Waals surface area contributed by atoms with Gasteiger partial charge in [0, 0.05) is 47.9 Å². The molecule has 0 saturated carbocycles. The molecule has 2 aliphatic heterocycles. The minimum atomic E-state index is -1.34. The van der Waals surface area contributed by atoms with Crippen LogP contribution in [-0.2, 0) is 19.1 Å². The number of rotatable bonds is 8. The third kappa shape index (κ3) is 6.42. The molecule has 0 aliphatic carbocycles. The van der Waals surface area contributed by atoms with Crippen molar-refractivity contribution in [3.05, 3.63) is 99.5 Å². The first-order valence-electron chi connectivity index (χ1n) is 14.1. The summed E-state index contributed by atoms with van der Waals surface area (Å²) in [6, 6.07) is 19.9. The zero-order valence-electron chi connectivity index (χ0n) is 24.5. The fraction of sp³-hybridized carbons (Fsp3) is 0.242. The summed E-state index contributed by atoms with van der Waals surface area (Å²) >= 11 is 12.4. The number of amides is 4. The van der Waals surface area contributed by atoms with Gasteiger partial charge in [-0.1, -0.05) is 47.5 Å². The van der Waals surface area contributed by atoms with E-state index in [9.17, 15) is 24.4 Å². The molecular weight excluding hydrogens is 617 g/mol. The Balaban J connectivity index is 1.38. The first-order chi connectivity index (χ1) is 21.5. The van der Waals surface area contributed by atoms with Gasteiger partial charge in [0.2, 0.25) is 5.91 Å². The average Bonchev–Trinajstić information content (AvgIpc) is 3.47. The number of carbonyl (C=O) groups excluding carboxylic acids is 4. The second kappa shape index (κ2) is 13.1. The van der Waals surface area contributed by atoms with Crippen LogP contribution in [-0.4, -0.2) is 72.4 Å². The van der Waals surface area contributed by atoms with E-state index in [1.807, 2.05) is 4.90 Å². The molecule has 2 heterocycles. The molecule has 12 heteroatoms. The SMILES string of the molecule is CCOC(=O)/C=C/c1ccc(NC(=O)CN2CC(c3ccc(C#N)cc3)C3(C2)C(=O)N(c2cc(Cl)cc(Cl)c2)C(=O)N3C)cc1. The minimum absolute atomic E-state index is 0.0443. The molecule has 0 bridgehead atoms. The number of imide groups is 1. The summed E-state index contributed by atoms with van der Waals surface area (Å²) in [6.07, 6.45) is 2.95. The summed E-state index contributed by atoms with van der Waals surface area (Å²) in [5.41, 5.74) is 1.43. The van der Waals surface area contributed by atoms with E-state index in [0.717, 1.165) is 16.0 Å². The molecule has 1 N–H and O–H groups in total. The molecule has 2 aliphatic rings. The van der Waals surface area contributed by atoms with E-state index in [1.165, 1.54) is 29.2 Å². The number of esters is 1. The van der Waals surface area contributed by atoms with Gasteiger partial charge in [-0.05, 0) is 66.6 Å². The quantitative estimate of drug-likeness (QED) is 0.200. The molecule has 3 aromatic rings. The van der Waals surface area contributed by atoms with E-state index in [4.69, 9.17) is 27.9 Å². The lowest BCUT2D eigenvalue weighted by Crippen LogP contribution is -2.53. The van der Waals surface area contributed by atoms with Gasteiger partial charge >= 0.3 is 12.0 Å². The Hall–Kier alpha value is -4.69. The molecule has 1 spiro atoms. The van der Waals surface area contributed by atoms with Gasteiger partial charge in [-0.25, -0.2) is 14.5 Å². The highest BCUT2D eigenvalue weighted by molar-refractivity contribution is 6.35. The third-order valence-corrected chi connectivity index (χ3v) is 8.38. The Morgan fingerprint density at radius 2 is 1.73 bits per heavy atom. The van der Waals surface area contributed by atoms with Crippen LogP contribution in [0.4, 0.5) is 16.2 Å². The lowest BCUT2D eigenvalue weighted by atomic mass is 9.80. The van der Waals surface area contributed by atoms with Crippen LogP contribution < -0.4 is 10.2 Å². The first kappa shape index (κ1) is 31.7. The second-order valence-corrected chi connectivity index (χ2v) is 11.6. The summed E-state index contributed by atoms with van der Waals surface area (Å²) in [6.45, 7) is 2.36. The maximum Gasteiger partial charge on any atom is 0.332 e. The van der Waals surface area contributed by atoms with E-state index in [-0.39, 0.29) is 41.3 Å². The number of likely N-dealkylation sites (N-methyl/N-ethyl adjacent to an activating group) is 1. The number of nitrogens with zero attached hydrogens (tertiary/aromatic N) is 4. The molecule has 0 aromatic heterocycles. The molecule has 0 radical (unpaired) electrons. The van der Waals surface area contributed by atoms with E-state index >= 15 is 0 Å². The molecule has 45 heavy (non-hydrogen) atoms. The van der Waals surface area contributed by atoms with Crippen LogP contribution in [0.2, 0.25) is 10.0 Å². The molecule has 230 valence electrons. The number of urea groups is 1. The van der Waals surface area contributed by atoms with Crippen LogP contribution >= 0.6 is 23.2 Å². The van der Waals surface area contributed by atoms with Crippen LogP contribution in [0.15, 0.2) is 72.8 Å². The van der Waals surface area contributed by atoms with Crippen LogP contribution in [0.1, 0.15) is 29.5 Å². The molecule has 4 amide bonds. The Morgan fingerprint density at radius 3 is 2.36 bits per heavy atom. The maximum absolute atomic E-state index is 14.3. The second-order valence-electron chi connectivity index (χ2n) is 10.7. The highest BCUT2D eigenvalue weighted by Gasteiger charge is 2.64. The van der Waals surface area contributed by atoms with Gasteiger partial charge in [-0.2, -0.15) is 5.26 Å². The molecule has 5 rings (SSSR count). The van der Waals surface area contributed by atoms with Crippen molar-refractivity contribution < 1.29 is 23.9 Å². The van der Waals surface area contributed by atoms with Crippen molar-refractivity contribution in [2.75, 3.05) is 43.5 Å². The lowest BCUT2D eigenvalue weighted by molar-refractivity contribution is -0.137. The summed E-state index contributed by atoms with van der Waals surface area (Å²) in [4.78, 5) is 57.1. The standard InChI is InChI=1S/C33H29Cl2N5O5/c1-3-45-30(42)13-8-21-6-11-26(12-7-21)37-29(41)19-39-18-28(23-9-4-22(17-36)5-10-23)33(20-39)31(43)40(32(44)38(33)2)27-15-24(34)14-25(35)16-27/h4-16,28H,3,18-20H2,1-2H3,(H,37,41)/b13-8+. The fourth-order valence-corrected chi connectivity index (χ4v) is 6.36. The summed E-state index contributed by atoms with van der Waals surface area (Å²) in [5, 5.41) is 12.7. The number of anilines is 2. The Labute approximate surface area is 270 Å². The topological polar surface area (TPSA) is 123 Å². The number of hydrogen-bond acceptors (Lipinski definition) is 7. The van der Waals surface area contributed by atoms with Crippen LogP contribution in [0.5, 0.6) is 0 Å². The van der Waals surface area contributed by atoms with Gasteiger partial charge in [0.25, 0.3) is 5.91 Å². The van der Waals surface area contributed by atoms with Gasteiger partial charge in [-0.15, -0.1) is 0 Å². The van der Waals surface area contributed by atoms with Crippen molar-refractivity contribution in [2.45, 2.75) is 18.4 Å². The number of carbonyl (C=O) groups is 4. The van der Waals surface area contributed by atoms with Gasteiger partial charge < -0.3 is 15.0 Å². The Morgan fingerprint density at radius 1 is 1.07 bits per heavy atom. The van der Waals surface area contributed by atoms with Crippen molar-refractivity contribution >= 4 is 64.5 Å². The van der Waals surface area contributed by atoms with E-state index in [0.29, 0.717) is 17.8 Å². The predicted octanol–water partition coefficient (Wildman–Crippen LogP) is 5.32. The summed E-state index contributed by atoms with van der Waals surface area (Å²) in [7, 11) is 1.57. The lowest BCUT2D eigenvalue weighted by Gasteiger charge is -2.34. The third-order valence-electron chi connectivity index (χ3n) is 7.94. The van der Waals surface area contributed by atoms with E-state index < -0.39 is 29.4 Å². The number of likely N-dealkylation sites (tertiary alicyclic amines) is 1. The summed E-state index contributed by atoms with van der Waals surface area (Å²) in [5.74, 6) is -1.72. The molecule has 2 unspecified atom stereocenters. The molecule has 2 saturated heterocycles. The van der Waals surface area contributed by atoms with Crippen molar-refractivity contribution in [1.82, 2.24) is 9.80 Å². The van der Waals surface area contributed by atoms with Crippen molar-refractivity contribution in [2.24, 2.45) is 0 Å². The molecule has 2 atom stereocenters. The molecule has 2 fully saturated rings. The van der Waals surface area contributed by atoms with Gasteiger partial charge in [0.1, 0.15) is 5.54 Å². The highest BCUT2D eigenvalue weighted by atomic mass is 35.5. The zero-order chi connectivity index (χ0) is 32.3. The number of nitrogens with one attached hydrogen (secondary N) is 1. The number of hydrogen-bond donors (Lipinski definition) is 1. The smallest absolute Gasteiger partial charge is 0.332 e. The van der Waals surface area contributed by atoms with Crippen LogP contribution in [0.3, 0.4) is 0 Å². The molecule has 3 aromatic carbocycles. The zero-order valence-corrected chi connectivity index (χ0v) is 26.0. The maximum atomic E-state index is 14.3. The molecule has 10 nitrogen and oxygen atoms in total. The normalized spacial score (nSPS) is 19.8. The Kier molecular flexibility index (Phi) is 9.25. The average molecular weight is 647 g/mol. The largest absolute Gasteiger partial charge is 0.463 e. The van der Waals surface area contributed by atoms with Crippen molar-refractivity contribution in [3.63, 3.8) is 0 Å². The van der Waals surface area contributed by atoms with Gasteiger partial charge in [-0.3, -0.25) is 14.5 Å². The van der Waals surface area contributed by atoms with E-state index in [2.05, 4.69) is 11.4 Å². The van der Waals surface area contributed by atoms with Crippen LogP contribution in [0.25, 0.3) is 6.08 Å². The number of halogens is 2.